The van der Waals surface area contributed by atoms with Crippen molar-refractivity contribution in [2.75, 3.05) is 31.1 Å². The number of hydrogen-bond donors (Lipinski definition) is 0. The molecule has 4 aromatic rings. The van der Waals surface area contributed by atoms with E-state index in [-0.39, 0.29) is 5.91 Å². The summed E-state index contributed by atoms with van der Waals surface area (Å²) in [5, 5.41) is 0.735. The third-order valence-corrected chi connectivity index (χ3v) is 7.54. The number of piperazine rings is 1. The van der Waals surface area contributed by atoms with Gasteiger partial charge >= 0.3 is 5.69 Å². The summed E-state index contributed by atoms with van der Waals surface area (Å²) in [5.41, 5.74) is 2.52. The second kappa shape index (κ2) is 9.72. The second-order valence-corrected chi connectivity index (χ2v) is 10.1. The van der Waals surface area contributed by atoms with E-state index >= 15 is 0 Å². The monoisotopic (exact) mass is 540 g/mol. The lowest BCUT2D eigenvalue weighted by atomic mass is 10.1. The van der Waals surface area contributed by atoms with Crippen molar-refractivity contribution in [3.05, 3.63) is 90.0 Å². The third kappa shape index (κ3) is 4.53. The van der Waals surface area contributed by atoms with E-state index < -0.39 is 11.2 Å². The summed E-state index contributed by atoms with van der Waals surface area (Å²) in [5.74, 6) is 0.471. The Bertz CT molecular complexity index is 1630. The minimum atomic E-state index is -0.430. The molecule has 0 aliphatic carbocycles. The zero-order valence-electron chi connectivity index (χ0n) is 20.7. The maximum Gasteiger partial charge on any atom is 0.332 e. The number of aromatic nitrogens is 4. The number of carbonyl (C=O) groups is 1. The number of fused-ring (bicyclic) bond motifs is 1. The van der Waals surface area contributed by atoms with Crippen molar-refractivity contribution >= 4 is 46.2 Å². The summed E-state index contributed by atoms with van der Waals surface area (Å²) in [6.07, 6.45) is 0. The summed E-state index contributed by atoms with van der Waals surface area (Å²) in [7, 11) is 3.09. The summed E-state index contributed by atoms with van der Waals surface area (Å²) in [6, 6.07) is 12.9. The Morgan fingerprint density at radius 2 is 1.59 bits per heavy atom. The molecular formula is C26H26Cl2N6O3. The van der Waals surface area contributed by atoms with Crippen LogP contribution in [0.5, 0.6) is 0 Å². The number of rotatable bonds is 4. The van der Waals surface area contributed by atoms with Gasteiger partial charge < -0.3 is 9.80 Å². The van der Waals surface area contributed by atoms with Crippen LogP contribution in [0.25, 0.3) is 11.2 Å². The number of nitrogens with zero attached hydrogens (tertiary/aromatic N) is 6. The first-order valence-corrected chi connectivity index (χ1v) is 12.6. The van der Waals surface area contributed by atoms with Crippen LogP contribution in [0.1, 0.15) is 21.5 Å². The molecule has 0 spiro atoms. The fraction of sp³-hybridized carbons (Fsp3) is 0.308. The fourth-order valence-electron chi connectivity index (χ4n) is 4.62. The first kappa shape index (κ1) is 25.1. The van der Waals surface area contributed by atoms with Gasteiger partial charge in [0.2, 0.25) is 5.95 Å². The second-order valence-electron chi connectivity index (χ2n) is 9.27. The molecule has 1 fully saturated rings. The minimum absolute atomic E-state index is 0.123. The molecule has 1 aliphatic rings. The largest absolute Gasteiger partial charge is 0.339 e. The highest BCUT2D eigenvalue weighted by Crippen LogP contribution is 2.25. The maximum atomic E-state index is 13.2. The van der Waals surface area contributed by atoms with E-state index in [9.17, 15) is 14.4 Å². The van der Waals surface area contributed by atoms with E-state index in [1.54, 1.807) is 30.1 Å². The Hall–Kier alpha value is -3.56. The lowest BCUT2D eigenvalue weighted by Crippen LogP contribution is -2.49. The number of amides is 1. The Morgan fingerprint density at radius 3 is 2.24 bits per heavy atom. The number of carbonyl (C=O) groups excluding carboxylic acids is 1. The molecule has 9 nitrogen and oxygen atoms in total. The van der Waals surface area contributed by atoms with Crippen molar-refractivity contribution in [1.29, 1.82) is 0 Å². The van der Waals surface area contributed by atoms with Crippen LogP contribution >= 0.6 is 23.2 Å². The SMILES string of the molecule is Cc1ccc(Cn2c(N3CCN(C(=O)c4ccc(Cl)c(Cl)c4)CC3)nc3c2c(=O)n(C)c(=O)n3C)cc1. The Kier molecular flexibility index (Phi) is 6.59. The van der Waals surface area contributed by atoms with Gasteiger partial charge in [-0.15, -0.1) is 0 Å². The summed E-state index contributed by atoms with van der Waals surface area (Å²) in [6.45, 7) is 4.39. The zero-order valence-corrected chi connectivity index (χ0v) is 22.3. The summed E-state index contributed by atoms with van der Waals surface area (Å²) < 4.78 is 4.38. The van der Waals surface area contributed by atoms with Crippen LogP contribution < -0.4 is 16.1 Å². The molecule has 2 aromatic heterocycles. The van der Waals surface area contributed by atoms with Crippen LogP contribution in [0, 0.1) is 6.92 Å². The number of anilines is 1. The summed E-state index contributed by atoms with van der Waals surface area (Å²) in [4.78, 5) is 47.4. The molecule has 5 rings (SSSR count). The fourth-order valence-corrected chi connectivity index (χ4v) is 4.92. The molecule has 1 saturated heterocycles. The van der Waals surface area contributed by atoms with E-state index in [1.807, 2.05) is 35.8 Å². The van der Waals surface area contributed by atoms with Crippen molar-refractivity contribution in [2.45, 2.75) is 13.5 Å². The molecular weight excluding hydrogens is 515 g/mol. The average Bonchev–Trinajstić information content (AvgIpc) is 3.28. The van der Waals surface area contributed by atoms with E-state index in [0.717, 1.165) is 15.7 Å². The summed E-state index contributed by atoms with van der Waals surface area (Å²) >= 11 is 12.1. The van der Waals surface area contributed by atoms with Gasteiger partial charge in [-0.1, -0.05) is 53.0 Å². The van der Waals surface area contributed by atoms with Crippen LogP contribution in [0.2, 0.25) is 10.0 Å². The average molecular weight is 541 g/mol. The molecule has 2 aromatic carbocycles. The first-order valence-electron chi connectivity index (χ1n) is 11.9. The number of benzene rings is 2. The normalized spacial score (nSPS) is 14.0. The van der Waals surface area contributed by atoms with Crippen molar-refractivity contribution in [3.8, 4) is 0 Å². The molecule has 1 aliphatic heterocycles. The van der Waals surface area contributed by atoms with Crippen molar-refractivity contribution < 1.29 is 4.79 Å². The lowest BCUT2D eigenvalue weighted by molar-refractivity contribution is 0.0746. The van der Waals surface area contributed by atoms with Gasteiger partial charge in [-0.3, -0.25) is 23.3 Å². The molecule has 1 amide bonds. The maximum absolute atomic E-state index is 13.2. The minimum Gasteiger partial charge on any atom is -0.339 e. The lowest BCUT2D eigenvalue weighted by Gasteiger charge is -2.35. The van der Waals surface area contributed by atoms with E-state index in [2.05, 4.69) is 4.90 Å². The van der Waals surface area contributed by atoms with Crippen LogP contribution in [0.3, 0.4) is 0 Å². The molecule has 3 heterocycles. The Balaban J connectivity index is 1.49. The van der Waals surface area contributed by atoms with Gasteiger partial charge in [0.05, 0.1) is 16.6 Å². The van der Waals surface area contributed by atoms with Gasteiger partial charge in [0, 0.05) is 45.8 Å². The molecule has 0 atom stereocenters. The highest BCUT2D eigenvalue weighted by Gasteiger charge is 2.28. The van der Waals surface area contributed by atoms with Crippen LogP contribution in [-0.2, 0) is 20.6 Å². The highest BCUT2D eigenvalue weighted by molar-refractivity contribution is 6.42. The topological polar surface area (TPSA) is 85.4 Å². The zero-order chi connectivity index (χ0) is 26.4. The van der Waals surface area contributed by atoms with Crippen LogP contribution in [0.4, 0.5) is 5.95 Å². The van der Waals surface area contributed by atoms with E-state index in [0.29, 0.717) is 65.4 Å². The molecule has 0 unspecified atom stereocenters. The Morgan fingerprint density at radius 1 is 0.919 bits per heavy atom. The smallest absolute Gasteiger partial charge is 0.332 e. The van der Waals surface area contributed by atoms with E-state index in [1.165, 1.54) is 11.6 Å². The predicted octanol–water partition coefficient (Wildman–Crippen LogP) is 3.06. The standard InChI is InChI=1S/C26H26Cl2N6O3/c1-16-4-6-17(7-5-16)15-34-21-22(30(2)26(37)31(3)24(21)36)29-25(34)33-12-10-32(11-13-33)23(35)18-8-9-19(27)20(28)14-18/h4-9,14H,10-13,15H2,1-3H3. The van der Waals surface area contributed by atoms with E-state index in [4.69, 9.17) is 28.2 Å². The molecule has 0 N–H and O–H groups in total. The molecule has 192 valence electrons. The number of halogens is 2. The van der Waals surface area contributed by atoms with Crippen LogP contribution in [0.15, 0.2) is 52.1 Å². The molecule has 0 bridgehead atoms. The van der Waals surface area contributed by atoms with Gasteiger partial charge in [-0.2, -0.15) is 4.98 Å². The number of hydrogen-bond acceptors (Lipinski definition) is 5. The van der Waals surface area contributed by atoms with Gasteiger partial charge in [0.1, 0.15) is 0 Å². The molecule has 11 heteroatoms. The quantitative estimate of drug-likeness (QED) is 0.397. The van der Waals surface area contributed by atoms with Gasteiger partial charge in [0.25, 0.3) is 11.5 Å². The van der Waals surface area contributed by atoms with Gasteiger partial charge in [0.15, 0.2) is 11.2 Å². The molecule has 0 radical (unpaired) electrons. The molecule has 37 heavy (non-hydrogen) atoms. The number of imidazole rings is 1. The predicted molar refractivity (Wildman–Crippen MR) is 145 cm³/mol. The third-order valence-electron chi connectivity index (χ3n) is 6.81. The van der Waals surface area contributed by atoms with Crippen LogP contribution in [-0.4, -0.2) is 55.7 Å². The van der Waals surface area contributed by atoms with Gasteiger partial charge in [-0.25, -0.2) is 4.79 Å². The first-order chi connectivity index (χ1) is 17.7. The van der Waals surface area contributed by atoms with Crippen molar-refractivity contribution in [2.24, 2.45) is 14.1 Å². The van der Waals surface area contributed by atoms with Crippen molar-refractivity contribution in [1.82, 2.24) is 23.6 Å². The van der Waals surface area contributed by atoms with Crippen molar-refractivity contribution in [3.63, 3.8) is 0 Å². The molecule has 0 saturated carbocycles. The van der Waals surface area contributed by atoms with Gasteiger partial charge in [-0.05, 0) is 30.7 Å². The Labute approximate surface area is 223 Å². The highest BCUT2D eigenvalue weighted by atomic mass is 35.5. The number of aryl methyl sites for hydroxylation is 2.